The number of hydrogen-bond donors (Lipinski definition) is 3. The van der Waals surface area contributed by atoms with Gasteiger partial charge in [0, 0.05) is 54.1 Å². The standard InChI is InChI=1S/C30H35N7O2/c1-4-23(5-2)33-28(38)19-39-25-8-6-7-21(15-25)29-35-27-13-14-37(3)18-26(27)30(36-29)34-24-11-9-20(10-12-24)22-16-31-32-17-22/h6-12,15-17,23H,4-5,13-14,18-19H2,1-3H3,(H,31,32)(H,33,38)(H,34,35,36). The molecule has 9 nitrogen and oxygen atoms in total. The van der Waals surface area contributed by atoms with Crippen molar-refractivity contribution < 1.29 is 9.53 Å². The number of H-pyrrole nitrogens is 1. The van der Waals surface area contributed by atoms with Crippen LogP contribution in [0.3, 0.4) is 0 Å². The largest absolute Gasteiger partial charge is 0.484 e. The monoisotopic (exact) mass is 525 g/mol. The third-order valence-corrected chi connectivity index (χ3v) is 7.04. The van der Waals surface area contributed by atoms with Crippen LogP contribution in [0.25, 0.3) is 22.5 Å². The third kappa shape index (κ3) is 6.43. The van der Waals surface area contributed by atoms with E-state index in [1.54, 1.807) is 0 Å². The predicted octanol–water partition coefficient (Wildman–Crippen LogP) is 4.95. The molecular weight excluding hydrogens is 490 g/mol. The molecule has 9 heteroatoms. The van der Waals surface area contributed by atoms with Gasteiger partial charge in [-0.2, -0.15) is 5.10 Å². The Labute approximate surface area is 229 Å². The van der Waals surface area contributed by atoms with Crippen LogP contribution < -0.4 is 15.4 Å². The van der Waals surface area contributed by atoms with Gasteiger partial charge in [-0.1, -0.05) is 38.1 Å². The first-order valence-corrected chi connectivity index (χ1v) is 13.5. The van der Waals surface area contributed by atoms with Gasteiger partial charge in [0.05, 0.1) is 11.9 Å². The van der Waals surface area contributed by atoms with Crippen molar-refractivity contribution in [2.75, 3.05) is 25.5 Å². The summed E-state index contributed by atoms with van der Waals surface area (Å²) in [4.78, 5) is 24.5. The number of anilines is 2. The molecule has 0 atom stereocenters. The molecule has 0 radical (unpaired) electrons. The van der Waals surface area contributed by atoms with Gasteiger partial charge in [-0.15, -0.1) is 0 Å². The number of nitrogens with zero attached hydrogens (tertiary/aromatic N) is 4. The van der Waals surface area contributed by atoms with Gasteiger partial charge < -0.3 is 20.3 Å². The van der Waals surface area contributed by atoms with Crippen molar-refractivity contribution in [2.24, 2.45) is 0 Å². The quantitative estimate of drug-likeness (QED) is 0.269. The first-order valence-electron chi connectivity index (χ1n) is 13.5. The fourth-order valence-electron chi connectivity index (χ4n) is 4.71. The number of benzene rings is 2. The van der Waals surface area contributed by atoms with Crippen LogP contribution in [0.4, 0.5) is 11.5 Å². The van der Waals surface area contributed by atoms with Crippen LogP contribution in [-0.2, 0) is 17.8 Å². The molecule has 4 aromatic rings. The van der Waals surface area contributed by atoms with Crippen LogP contribution in [0.15, 0.2) is 60.9 Å². The summed E-state index contributed by atoms with van der Waals surface area (Å²) >= 11 is 0. The molecule has 1 aliphatic heterocycles. The molecule has 0 aliphatic carbocycles. The highest BCUT2D eigenvalue weighted by Gasteiger charge is 2.21. The average Bonchev–Trinajstić information content (AvgIpc) is 3.51. The maximum atomic E-state index is 12.3. The minimum atomic E-state index is -0.117. The molecule has 3 N–H and O–H groups in total. The number of aromatic nitrogens is 4. The molecule has 0 saturated carbocycles. The second-order valence-electron chi connectivity index (χ2n) is 9.90. The van der Waals surface area contributed by atoms with E-state index in [0.29, 0.717) is 11.6 Å². The topological polar surface area (TPSA) is 108 Å². The van der Waals surface area contributed by atoms with Gasteiger partial charge in [0.1, 0.15) is 11.6 Å². The lowest BCUT2D eigenvalue weighted by Crippen LogP contribution is -2.37. The number of rotatable bonds is 10. The Morgan fingerprint density at radius 2 is 1.90 bits per heavy atom. The van der Waals surface area contributed by atoms with Crippen molar-refractivity contribution >= 4 is 17.4 Å². The van der Waals surface area contributed by atoms with Crippen LogP contribution in [0.2, 0.25) is 0 Å². The van der Waals surface area contributed by atoms with E-state index in [9.17, 15) is 4.79 Å². The lowest BCUT2D eigenvalue weighted by Gasteiger charge is -2.26. The van der Waals surface area contributed by atoms with Crippen molar-refractivity contribution in [3.05, 3.63) is 72.2 Å². The fraction of sp³-hybridized carbons (Fsp3) is 0.333. The zero-order chi connectivity index (χ0) is 27.2. The van der Waals surface area contributed by atoms with E-state index in [0.717, 1.165) is 71.8 Å². The molecule has 2 aromatic carbocycles. The zero-order valence-corrected chi connectivity index (χ0v) is 22.7. The Hall–Kier alpha value is -4.24. The number of carbonyl (C=O) groups is 1. The summed E-state index contributed by atoms with van der Waals surface area (Å²) < 4.78 is 5.82. The van der Waals surface area contributed by atoms with Crippen molar-refractivity contribution in [1.29, 1.82) is 0 Å². The highest BCUT2D eigenvalue weighted by atomic mass is 16.5. The number of carbonyl (C=O) groups excluding carboxylic acids is 1. The normalized spacial score (nSPS) is 13.2. The van der Waals surface area contributed by atoms with E-state index in [1.807, 2.05) is 48.8 Å². The first kappa shape index (κ1) is 26.4. The van der Waals surface area contributed by atoms with E-state index in [4.69, 9.17) is 14.7 Å². The molecule has 0 spiro atoms. The van der Waals surface area contributed by atoms with E-state index in [1.165, 1.54) is 0 Å². The molecule has 5 rings (SSSR count). The number of nitrogens with one attached hydrogen (secondary N) is 3. The minimum absolute atomic E-state index is 0.0288. The summed E-state index contributed by atoms with van der Waals surface area (Å²) in [7, 11) is 2.11. The van der Waals surface area contributed by atoms with Crippen LogP contribution in [0.5, 0.6) is 5.75 Å². The summed E-state index contributed by atoms with van der Waals surface area (Å²) in [6.07, 6.45) is 6.33. The molecule has 0 saturated heterocycles. The molecule has 0 fully saturated rings. The maximum Gasteiger partial charge on any atom is 0.258 e. The van der Waals surface area contributed by atoms with Crippen molar-refractivity contribution in [2.45, 2.75) is 45.7 Å². The minimum Gasteiger partial charge on any atom is -0.484 e. The molecule has 39 heavy (non-hydrogen) atoms. The molecule has 2 aromatic heterocycles. The van der Waals surface area contributed by atoms with Crippen LogP contribution in [0.1, 0.15) is 37.9 Å². The molecule has 202 valence electrons. The van der Waals surface area contributed by atoms with Crippen LogP contribution in [-0.4, -0.2) is 57.2 Å². The first-order chi connectivity index (χ1) is 19.0. The van der Waals surface area contributed by atoms with Gasteiger partial charge >= 0.3 is 0 Å². The second kappa shape index (κ2) is 12.1. The summed E-state index contributed by atoms with van der Waals surface area (Å²) in [5, 5.41) is 13.4. The average molecular weight is 526 g/mol. The Balaban J connectivity index is 1.38. The van der Waals surface area contributed by atoms with Crippen LogP contribution >= 0.6 is 0 Å². The SMILES string of the molecule is CCC(CC)NC(=O)COc1cccc(-c2nc3c(c(Nc4ccc(-c5cn[nH]c5)cc4)n2)CN(C)CC3)c1. The molecule has 0 bridgehead atoms. The molecule has 3 heterocycles. The number of fused-ring (bicyclic) bond motifs is 1. The number of amides is 1. The Morgan fingerprint density at radius 1 is 1.08 bits per heavy atom. The summed E-state index contributed by atoms with van der Waals surface area (Å²) in [6, 6.07) is 16.0. The predicted molar refractivity (Wildman–Crippen MR) is 153 cm³/mol. The lowest BCUT2D eigenvalue weighted by atomic mass is 10.1. The molecular formula is C30H35N7O2. The maximum absolute atomic E-state index is 12.3. The van der Waals surface area contributed by atoms with E-state index >= 15 is 0 Å². The van der Waals surface area contributed by atoms with E-state index in [-0.39, 0.29) is 18.6 Å². The lowest BCUT2D eigenvalue weighted by molar-refractivity contribution is -0.123. The summed E-state index contributed by atoms with van der Waals surface area (Å²) in [5.74, 6) is 1.92. The number of ether oxygens (including phenoxy) is 1. The van der Waals surface area contributed by atoms with Crippen molar-refractivity contribution in [3.8, 4) is 28.3 Å². The van der Waals surface area contributed by atoms with Gasteiger partial charge in [-0.25, -0.2) is 9.97 Å². The fourth-order valence-corrected chi connectivity index (χ4v) is 4.71. The third-order valence-electron chi connectivity index (χ3n) is 7.04. The van der Waals surface area contributed by atoms with Gasteiger partial charge in [0.25, 0.3) is 5.91 Å². The molecule has 0 unspecified atom stereocenters. The molecule has 1 amide bonds. The Morgan fingerprint density at radius 3 is 2.64 bits per heavy atom. The zero-order valence-electron chi connectivity index (χ0n) is 22.7. The smallest absolute Gasteiger partial charge is 0.258 e. The molecule has 1 aliphatic rings. The highest BCUT2D eigenvalue weighted by molar-refractivity contribution is 5.78. The van der Waals surface area contributed by atoms with Gasteiger partial charge in [-0.05, 0) is 49.7 Å². The number of likely N-dealkylation sites (N-methyl/N-ethyl adjacent to an activating group) is 1. The van der Waals surface area contributed by atoms with Gasteiger partial charge in [-0.3, -0.25) is 9.89 Å². The van der Waals surface area contributed by atoms with Crippen LogP contribution in [0, 0.1) is 0 Å². The van der Waals surface area contributed by atoms with Gasteiger partial charge in [0.15, 0.2) is 12.4 Å². The Kier molecular flexibility index (Phi) is 8.17. The summed E-state index contributed by atoms with van der Waals surface area (Å²) in [5.41, 5.74) is 6.07. The second-order valence-corrected chi connectivity index (χ2v) is 9.90. The van der Waals surface area contributed by atoms with Crippen molar-refractivity contribution in [3.63, 3.8) is 0 Å². The number of hydrogen-bond acceptors (Lipinski definition) is 7. The van der Waals surface area contributed by atoms with E-state index in [2.05, 4.69) is 58.8 Å². The number of aromatic amines is 1. The highest BCUT2D eigenvalue weighted by Crippen LogP contribution is 2.31. The van der Waals surface area contributed by atoms with Gasteiger partial charge in [0.2, 0.25) is 0 Å². The summed E-state index contributed by atoms with van der Waals surface area (Å²) in [6.45, 7) is 5.82. The van der Waals surface area contributed by atoms with E-state index < -0.39 is 0 Å². The Bertz CT molecular complexity index is 1400. The van der Waals surface area contributed by atoms with Crippen molar-refractivity contribution in [1.82, 2.24) is 30.4 Å².